The summed E-state index contributed by atoms with van der Waals surface area (Å²) in [6.07, 6.45) is 2.20. The van der Waals surface area contributed by atoms with Crippen molar-refractivity contribution in [1.29, 1.82) is 0 Å². The Kier molecular flexibility index (Phi) is 5.96. The van der Waals surface area contributed by atoms with E-state index < -0.39 is 10.8 Å². The predicted molar refractivity (Wildman–Crippen MR) is 108 cm³/mol. The molecule has 142 valence electrons. The lowest BCUT2D eigenvalue weighted by Gasteiger charge is -2.07. The highest BCUT2D eigenvalue weighted by atomic mass is 16.6. The average Bonchev–Trinajstić information content (AvgIpc) is 2.72. The number of carbonyl (C=O) groups excluding carboxylic acids is 1. The van der Waals surface area contributed by atoms with Gasteiger partial charge >= 0.3 is 5.69 Å². The standard InChI is InChI=1S/C21H19N3O4/c1-2-15-8-10-20(19(12-15)24(26)27)28-14-21(25)23-22-13-16-7-9-17-5-3-4-6-18(17)11-16/h3-13H,2,14H2,1H3,(H,23,25). The lowest BCUT2D eigenvalue weighted by Crippen LogP contribution is -2.24. The zero-order valence-electron chi connectivity index (χ0n) is 15.3. The second-order valence-corrected chi connectivity index (χ2v) is 6.10. The fraction of sp³-hybridized carbons (Fsp3) is 0.143. The van der Waals surface area contributed by atoms with Crippen LogP contribution in [0, 0.1) is 10.1 Å². The Morgan fingerprint density at radius 1 is 1.14 bits per heavy atom. The van der Waals surface area contributed by atoms with Crippen molar-refractivity contribution in [2.45, 2.75) is 13.3 Å². The van der Waals surface area contributed by atoms with Crippen LogP contribution in [0.25, 0.3) is 10.8 Å². The molecule has 0 atom stereocenters. The SMILES string of the molecule is CCc1ccc(OCC(=O)NN=Cc2ccc3ccccc3c2)c([N+](=O)[O-])c1. The van der Waals surface area contributed by atoms with Crippen molar-refractivity contribution >= 4 is 28.6 Å². The summed E-state index contributed by atoms with van der Waals surface area (Å²) in [6, 6.07) is 18.4. The fourth-order valence-corrected chi connectivity index (χ4v) is 2.69. The number of ether oxygens (including phenoxy) is 1. The van der Waals surface area contributed by atoms with Gasteiger partial charge in [0.15, 0.2) is 12.4 Å². The van der Waals surface area contributed by atoms with E-state index in [-0.39, 0.29) is 18.0 Å². The minimum absolute atomic E-state index is 0.0517. The molecule has 0 saturated heterocycles. The second kappa shape index (κ2) is 8.77. The molecule has 0 aliphatic carbocycles. The van der Waals surface area contributed by atoms with Crippen LogP contribution < -0.4 is 10.2 Å². The van der Waals surface area contributed by atoms with E-state index in [4.69, 9.17) is 4.74 Å². The van der Waals surface area contributed by atoms with Crippen LogP contribution in [-0.4, -0.2) is 23.7 Å². The Morgan fingerprint density at radius 2 is 1.93 bits per heavy atom. The zero-order valence-corrected chi connectivity index (χ0v) is 15.3. The summed E-state index contributed by atoms with van der Waals surface area (Å²) < 4.78 is 5.29. The molecule has 0 spiro atoms. The van der Waals surface area contributed by atoms with Gasteiger partial charge in [-0.15, -0.1) is 0 Å². The fourth-order valence-electron chi connectivity index (χ4n) is 2.69. The van der Waals surface area contributed by atoms with Crippen LogP contribution in [0.4, 0.5) is 5.69 Å². The van der Waals surface area contributed by atoms with E-state index in [2.05, 4.69) is 10.5 Å². The number of nitrogens with zero attached hydrogens (tertiary/aromatic N) is 2. The van der Waals surface area contributed by atoms with Crippen LogP contribution in [0.5, 0.6) is 5.75 Å². The lowest BCUT2D eigenvalue weighted by molar-refractivity contribution is -0.385. The van der Waals surface area contributed by atoms with Crippen molar-refractivity contribution in [1.82, 2.24) is 5.43 Å². The van der Waals surface area contributed by atoms with Gasteiger partial charge in [-0.1, -0.05) is 49.4 Å². The van der Waals surface area contributed by atoms with Crippen molar-refractivity contribution in [3.63, 3.8) is 0 Å². The van der Waals surface area contributed by atoms with Gasteiger partial charge in [-0.25, -0.2) is 5.43 Å². The van der Waals surface area contributed by atoms with E-state index in [1.165, 1.54) is 18.3 Å². The van der Waals surface area contributed by atoms with Crippen molar-refractivity contribution in [2.75, 3.05) is 6.61 Å². The minimum atomic E-state index is -0.524. The minimum Gasteiger partial charge on any atom is -0.477 e. The van der Waals surface area contributed by atoms with Crippen molar-refractivity contribution in [3.05, 3.63) is 81.9 Å². The summed E-state index contributed by atoms with van der Waals surface area (Å²) in [7, 11) is 0. The van der Waals surface area contributed by atoms with Gasteiger partial charge in [0.25, 0.3) is 5.91 Å². The number of hydrogen-bond donors (Lipinski definition) is 1. The molecule has 3 aromatic carbocycles. The van der Waals surface area contributed by atoms with E-state index in [0.717, 1.165) is 21.9 Å². The maximum absolute atomic E-state index is 11.9. The summed E-state index contributed by atoms with van der Waals surface area (Å²) in [5, 5.41) is 17.3. The number of carbonyl (C=O) groups is 1. The zero-order chi connectivity index (χ0) is 19.9. The highest BCUT2D eigenvalue weighted by Crippen LogP contribution is 2.28. The van der Waals surface area contributed by atoms with Crippen molar-refractivity contribution in [3.8, 4) is 5.75 Å². The van der Waals surface area contributed by atoms with E-state index in [1.807, 2.05) is 49.4 Å². The molecule has 0 heterocycles. The molecule has 0 bridgehead atoms. The lowest BCUT2D eigenvalue weighted by atomic mass is 10.1. The highest BCUT2D eigenvalue weighted by Gasteiger charge is 2.16. The van der Waals surface area contributed by atoms with E-state index in [1.54, 1.807) is 6.07 Å². The van der Waals surface area contributed by atoms with Crippen LogP contribution in [0.2, 0.25) is 0 Å². The molecule has 28 heavy (non-hydrogen) atoms. The number of hydrazone groups is 1. The number of aryl methyl sites for hydroxylation is 1. The molecule has 0 aliphatic heterocycles. The Labute approximate surface area is 161 Å². The first kappa shape index (κ1) is 19.0. The number of nitro groups is 1. The normalized spacial score (nSPS) is 10.9. The monoisotopic (exact) mass is 377 g/mol. The molecule has 0 fully saturated rings. The third-order valence-electron chi connectivity index (χ3n) is 4.16. The van der Waals surface area contributed by atoms with Gasteiger partial charge in [-0.3, -0.25) is 14.9 Å². The number of nitrogens with one attached hydrogen (secondary N) is 1. The average molecular weight is 377 g/mol. The van der Waals surface area contributed by atoms with Crippen LogP contribution in [0.15, 0.2) is 65.8 Å². The van der Waals surface area contributed by atoms with Gasteiger partial charge in [-0.2, -0.15) is 5.10 Å². The Bertz CT molecular complexity index is 1050. The largest absolute Gasteiger partial charge is 0.477 e. The van der Waals surface area contributed by atoms with Crippen molar-refractivity contribution < 1.29 is 14.5 Å². The molecule has 0 radical (unpaired) electrons. The first-order valence-corrected chi connectivity index (χ1v) is 8.77. The molecule has 0 unspecified atom stereocenters. The third kappa shape index (κ3) is 4.70. The number of fused-ring (bicyclic) bond motifs is 1. The van der Waals surface area contributed by atoms with Crippen LogP contribution in [0.3, 0.4) is 0 Å². The second-order valence-electron chi connectivity index (χ2n) is 6.10. The number of hydrogen-bond acceptors (Lipinski definition) is 5. The number of amides is 1. The molecule has 7 heteroatoms. The van der Waals surface area contributed by atoms with E-state index >= 15 is 0 Å². The third-order valence-corrected chi connectivity index (χ3v) is 4.16. The number of nitro benzene ring substituents is 1. The first-order chi connectivity index (χ1) is 13.6. The summed E-state index contributed by atoms with van der Waals surface area (Å²) >= 11 is 0. The van der Waals surface area contributed by atoms with Crippen LogP contribution in [0.1, 0.15) is 18.1 Å². The summed E-state index contributed by atoms with van der Waals surface area (Å²) in [6.45, 7) is 1.53. The maximum Gasteiger partial charge on any atom is 0.311 e. The molecule has 0 saturated carbocycles. The molecule has 1 amide bonds. The molecule has 3 rings (SSSR count). The number of benzene rings is 3. The molecule has 1 N–H and O–H groups in total. The molecular formula is C21H19N3O4. The highest BCUT2D eigenvalue weighted by molar-refractivity contribution is 5.90. The van der Waals surface area contributed by atoms with Gasteiger partial charge < -0.3 is 4.74 Å². The maximum atomic E-state index is 11.9. The summed E-state index contributed by atoms with van der Waals surface area (Å²) in [4.78, 5) is 22.5. The smallest absolute Gasteiger partial charge is 0.311 e. The Hall–Kier alpha value is -3.74. The molecule has 7 nitrogen and oxygen atoms in total. The topological polar surface area (TPSA) is 93.8 Å². The van der Waals surface area contributed by atoms with Gasteiger partial charge in [0.2, 0.25) is 0 Å². The Morgan fingerprint density at radius 3 is 2.68 bits per heavy atom. The van der Waals surface area contributed by atoms with Gasteiger partial charge in [0, 0.05) is 6.07 Å². The van der Waals surface area contributed by atoms with Gasteiger partial charge in [-0.05, 0) is 40.5 Å². The number of rotatable bonds is 7. The van der Waals surface area contributed by atoms with Gasteiger partial charge in [0.05, 0.1) is 11.1 Å². The van der Waals surface area contributed by atoms with E-state index in [0.29, 0.717) is 6.42 Å². The molecule has 0 aromatic heterocycles. The van der Waals surface area contributed by atoms with Crippen LogP contribution in [-0.2, 0) is 11.2 Å². The molecule has 0 aliphatic rings. The van der Waals surface area contributed by atoms with E-state index in [9.17, 15) is 14.9 Å². The summed E-state index contributed by atoms with van der Waals surface area (Å²) in [5.41, 5.74) is 3.86. The summed E-state index contributed by atoms with van der Waals surface area (Å²) in [5.74, 6) is -0.457. The predicted octanol–water partition coefficient (Wildman–Crippen LogP) is 3.84. The quantitative estimate of drug-likeness (QED) is 0.384. The van der Waals surface area contributed by atoms with Gasteiger partial charge in [0.1, 0.15) is 0 Å². The Balaban J connectivity index is 1.58. The van der Waals surface area contributed by atoms with Crippen LogP contribution >= 0.6 is 0 Å². The van der Waals surface area contributed by atoms with Crippen molar-refractivity contribution in [2.24, 2.45) is 5.10 Å². The molecular weight excluding hydrogens is 358 g/mol. The first-order valence-electron chi connectivity index (χ1n) is 8.77. The molecule has 3 aromatic rings.